The molecule has 2 fully saturated rings. The summed E-state index contributed by atoms with van der Waals surface area (Å²) in [5.74, 6) is 0.968. The van der Waals surface area contributed by atoms with Gasteiger partial charge in [-0.25, -0.2) is 0 Å². The topological polar surface area (TPSA) is 51.2 Å². The van der Waals surface area contributed by atoms with Crippen LogP contribution in [0.3, 0.4) is 0 Å². The summed E-state index contributed by atoms with van der Waals surface area (Å²) < 4.78 is 38.6. The number of carbonyl (C=O) groups excluding carboxylic acids is 1. The molecule has 150 valence electrons. The number of nitrogens with zero attached hydrogens (tertiary/aromatic N) is 4. The number of halogens is 3. The van der Waals surface area contributed by atoms with Gasteiger partial charge in [0.25, 0.3) is 0 Å². The molecule has 2 aliphatic heterocycles. The van der Waals surface area contributed by atoms with Gasteiger partial charge in [-0.3, -0.25) is 14.7 Å². The van der Waals surface area contributed by atoms with Crippen LogP contribution in [0, 0.1) is 0 Å². The Morgan fingerprint density at radius 1 is 1.23 bits per heavy atom. The summed E-state index contributed by atoms with van der Waals surface area (Å²) in [6, 6.07) is -1.41. The third kappa shape index (κ3) is 5.75. The van der Waals surface area contributed by atoms with Gasteiger partial charge in [0.15, 0.2) is 5.96 Å². The molecule has 9 heteroatoms. The third-order valence-corrected chi connectivity index (χ3v) is 4.99. The first-order valence-corrected chi connectivity index (χ1v) is 9.44. The lowest BCUT2D eigenvalue weighted by atomic mass is 10.2. The Balaban J connectivity index is 1.80. The van der Waals surface area contributed by atoms with Crippen molar-refractivity contribution in [3.8, 4) is 0 Å². The Kier molecular flexibility index (Phi) is 7.55. The zero-order chi connectivity index (χ0) is 19.2. The molecule has 1 unspecified atom stereocenters. The average Bonchev–Trinajstić information content (AvgIpc) is 3.01. The van der Waals surface area contributed by atoms with E-state index in [1.54, 1.807) is 0 Å². The second kappa shape index (κ2) is 9.43. The van der Waals surface area contributed by atoms with E-state index in [-0.39, 0.29) is 5.91 Å². The first kappa shape index (κ1) is 20.8. The van der Waals surface area contributed by atoms with Crippen LogP contribution in [-0.2, 0) is 4.79 Å². The van der Waals surface area contributed by atoms with E-state index in [0.717, 1.165) is 31.9 Å². The van der Waals surface area contributed by atoms with Crippen molar-refractivity contribution in [2.75, 3.05) is 52.4 Å². The Bertz CT molecular complexity index is 489. The van der Waals surface area contributed by atoms with Gasteiger partial charge in [-0.15, -0.1) is 0 Å². The van der Waals surface area contributed by atoms with Crippen molar-refractivity contribution in [1.29, 1.82) is 0 Å². The number of likely N-dealkylation sites (tertiary alicyclic amines) is 1. The van der Waals surface area contributed by atoms with Crippen molar-refractivity contribution in [3.05, 3.63) is 0 Å². The van der Waals surface area contributed by atoms with Crippen LogP contribution in [0.4, 0.5) is 13.2 Å². The van der Waals surface area contributed by atoms with E-state index in [1.807, 2.05) is 16.7 Å². The molecule has 0 bridgehead atoms. The van der Waals surface area contributed by atoms with Gasteiger partial charge in [0, 0.05) is 58.8 Å². The average molecular weight is 377 g/mol. The third-order valence-electron chi connectivity index (χ3n) is 4.99. The maximum absolute atomic E-state index is 12.9. The summed E-state index contributed by atoms with van der Waals surface area (Å²) in [7, 11) is 0. The lowest BCUT2D eigenvalue weighted by Gasteiger charge is -2.39. The molecule has 6 nitrogen and oxygen atoms in total. The van der Waals surface area contributed by atoms with Crippen LogP contribution < -0.4 is 5.32 Å². The van der Waals surface area contributed by atoms with E-state index >= 15 is 0 Å². The van der Waals surface area contributed by atoms with E-state index in [2.05, 4.69) is 10.3 Å². The molecule has 1 amide bonds. The SMILES string of the molecule is CCNC(=NCCCN1CCCC1=O)N1CCN(C(C)C(F)(F)F)CC1. The number of nitrogens with one attached hydrogen (secondary N) is 1. The highest BCUT2D eigenvalue weighted by molar-refractivity contribution is 5.80. The Morgan fingerprint density at radius 2 is 1.92 bits per heavy atom. The highest BCUT2D eigenvalue weighted by Gasteiger charge is 2.41. The van der Waals surface area contributed by atoms with Crippen molar-refractivity contribution in [2.45, 2.75) is 45.3 Å². The summed E-state index contributed by atoms with van der Waals surface area (Å²) >= 11 is 0. The van der Waals surface area contributed by atoms with Gasteiger partial charge < -0.3 is 15.1 Å². The van der Waals surface area contributed by atoms with Crippen LogP contribution in [0.2, 0.25) is 0 Å². The van der Waals surface area contributed by atoms with Gasteiger partial charge in [0.1, 0.15) is 6.04 Å². The molecular weight excluding hydrogens is 347 g/mol. The molecule has 26 heavy (non-hydrogen) atoms. The number of hydrogen-bond acceptors (Lipinski definition) is 3. The van der Waals surface area contributed by atoms with Gasteiger partial charge in [0.05, 0.1) is 0 Å². The molecule has 2 saturated heterocycles. The molecule has 0 aromatic rings. The van der Waals surface area contributed by atoms with Crippen molar-refractivity contribution in [1.82, 2.24) is 20.0 Å². The minimum absolute atomic E-state index is 0.218. The van der Waals surface area contributed by atoms with Crippen LogP contribution in [0.15, 0.2) is 4.99 Å². The maximum atomic E-state index is 12.9. The van der Waals surface area contributed by atoms with Crippen LogP contribution in [0.5, 0.6) is 0 Å². The summed E-state index contributed by atoms with van der Waals surface area (Å²) in [6.07, 6.45) is -1.81. The Labute approximate surface area is 153 Å². The van der Waals surface area contributed by atoms with E-state index in [0.29, 0.717) is 45.7 Å². The van der Waals surface area contributed by atoms with Gasteiger partial charge >= 0.3 is 6.18 Å². The molecule has 2 aliphatic rings. The zero-order valence-corrected chi connectivity index (χ0v) is 15.7. The standard InChI is InChI=1S/C17H30F3N5O/c1-3-21-16(22-7-5-9-24-8-4-6-15(24)26)25-12-10-23(11-13-25)14(2)17(18,19)20/h14H,3-13H2,1-2H3,(H,21,22). The molecule has 1 N–H and O–H groups in total. The first-order chi connectivity index (χ1) is 12.3. The molecule has 2 heterocycles. The van der Waals surface area contributed by atoms with Gasteiger partial charge in [-0.1, -0.05) is 0 Å². The largest absolute Gasteiger partial charge is 0.403 e. The minimum Gasteiger partial charge on any atom is -0.357 e. The molecule has 2 rings (SSSR count). The van der Waals surface area contributed by atoms with Crippen LogP contribution in [0.1, 0.15) is 33.1 Å². The molecule has 0 aromatic heterocycles. The maximum Gasteiger partial charge on any atom is 0.403 e. The second-order valence-electron chi connectivity index (χ2n) is 6.81. The minimum atomic E-state index is -4.19. The second-order valence-corrected chi connectivity index (χ2v) is 6.81. The summed E-state index contributed by atoms with van der Waals surface area (Å²) in [4.78, 5) is 21.6. The predicted molar refractivity (Wildman–Crippen MR) is 95.1 cm³/mol. The lowest BCUT2D eigenvalue weighted by molar-refractivity contribution is -0.181. The van der Waals surface area contributed by atoms with Crippen molar-refractivity contribution in [3.63, 3.8) is 0 Å². The highest BCUT2D eigenvalue weighted by atomic mass is 19.4. The predicted octanol–water partition coefficient (Wildman–Crippen LogP) is 1.53. The van der Waals surface area contributed by atoms with Gasteiger partial charge in [-0.05, 0) is 26.7 Å². The van der Waals surface area contributed by atoms with Gasteiger partial charge in [-0.2, -0.15) is 13.2 Å². The number of alkyl halides is 3. The van der Waals surface area contributed by atoms with E-state index in [9.17, 15) is 18.0 Å². The summed E-state index contributed by atoms with van der Waals surface area (Å²) in [5.41, 5.74) is 0. The fourth-order valence-corrected chi connectivity index (χ4v) is 3.34. The highest BCUT2D eigenvalue weighted by Crippen LogP contribution is 2.25. The Hall–Kier alpha value is -1.51. The normalized spacial score (nSPS) is 21.4. The molecule has 0 aromatic carbocycles. The number of hydrogen-bond donors (Lipinski definition) is 1. The quantitative estimate of drug-likeness (QED) is 0.433. The fourth-order valence-electron chi connectivity index (χ4n) is 3.34. The molecule has 0 spiro atoms. The Morgan fingerprint density at radius 3 is 2.46 bits per heavy atom. The number of rotatable bonds is 6. The molecular formula is C17H30F3N5O. The summed E-state index contributed by atoms with van der Waals surface area (Å²) in [5, 5.41) is 3.22. The number of aliphatic imine (C=N–C) groups is 1. The van der Waals surface area contributed by atoms with Gasteiger partial charge in [0.2, 0.25) is 5.91 Å². The number of amides is 1. The van der Waals surface area contributed by atoms with Crippen LogP contribution in [0.25, 0.3) is 0 Å². The van der Waals surface area contributed by atoms with Crippen LogP contribution in [-0.4, -0.2) is 91.1 Å². The van der Waals surface area contributed by atoms with Crippen molar-refractivity contribution in [2.24, 2.45) is 4.99 Å². The zero-order valence-electron chi connectivity index (χ0n) is 15.7. The van der Waals surface area contributed by atoms with E-state index < -0.39 is 12.2 Å². The molecule has 1 atom stereocenters. The van der Waals surface area contributed by atoms with Crippen LogP contribution >= 0.6 is 0 Å². The van der Waals surface area contributed by atoms with E-state index in [4.69, 9.17) is 0 Å². The smallest absolute Gasteiger partial charge is 0.357 e. The van der Waals surface area contributed by atoms with Crippen molar-refractivity contribution < 1.29 is 18.0 Å². The van der Waals surface area contributed by atoms with E-state index in [1.165, 1.54) is 11.8 Å². The van der Waals surface area contributed by atoms with Crippen molar-refractivity contribution >= 4 is 11.9 Å². The number of carbonyl (C=O) groups is 1. The lowest BCUT2D eigenvalue weighted by Crippen LogP contribution is -2.56. The number of guanidine groups is 1. The monoisotopic (exact) mass is 377 g/mol. The number of piperazine rings is 1. The first-order valence-electron chi connectivity index (χ1n) is 9.44. The summed E-state index contributed by atoms with van der Waals surface area (Å²) in [6.45, 7) is 7.85. The molecule has 0 radical (unpaired) electrons. The molecule has 0 saturated carbocycles. The fraction of sp³-hybridized carbons (Fsp3) is 0.882. The molecule has 0 aliphatic carbocycles.